The van der Waals surface area contributed by atoms with Crippen LogP contribution in [0.1, 0.15) is 5.76 Å². The van der Waals surface area contributed by atoms with Crippen LogP contribution in [0.2, 0.25) is 0 Å². The van der Waals surface area contributed by atoms with Gasteiger partial charge in [0.1, 0.15) is 5.76 Å². The van der Waals surface area contributed by atoms with Crippen LogP contribution in [-0.4, -0.2) is 30.5 Å². The molecule has 0 aliphatic carbocycles. The van der Waals surface area contributed by atoms with Crippen molar-refractivity contribution in [1.29, 1.82) is 0 Å². The maximum Gasteiger partial charge on any atom is 0.415 e. The molecular weight excluding hydrogens is 211 g/mol. The van der Waals surface area contributed by atoms with Gasteiger partial charge in [-0.1, -0.05) is 0 Å². The number of hydrogen-bond donors (Lipinski definition) is 2. The van der Waals surface area contributed by atoms with E-state index in [2.05, 4.69) is 5.32 Å². The Bertz CT molecular complexity index is 271. The lowest BCUT2D eigenvalue weighted by molar-refractivity contribution is -0.201. The fourth-order valence-corrected chi connectivity index (χ4v) is 1.02. The molecule has 2 N–H and O–H groups in total. The zero-order valence-electron chi connectivity index (χ0n) is 7.92. The van der Waals surface area contributed by atoms with Crippen LogP contribution >= 0.6 is 0 Å². The van der Waals surface area contributed by atoms with Crippen molar-refractivity contribution in [3.05, 3.63) is 24.2 Å². The summed E-state index contributed by atoms with van der Waals surface area (Å²) in [6.45, 7) is -0.162. The molecule has 0 saturated carbocycles. The molecule has 1 aromatic rings. The van der Waals surface area contributed by atoms with E-state index in [-0.39, 0.29) is 0 Å². The van der Waals surface area contributed by atoms with Gasteiger partial charge < -0.3 is 14.8 Å². The summed E-state index contributed by atoms with van der Waals surface area (Å²) < 4.78 is 40.5. The second kappa shape index (κ2) is 5.18. The third-order valence-electron chi connectivity index (χ3n) is 1.84. The lowest BCUT2D eigenvalue weighted by atomic mass is 10.3. The van der Waals surface area contributed by atoms with Crippen LogP contribution in [0.4, 0.5) is 13.2 Å². The second-order valence-corrected chi connectivity index (χ2v) is 3.09. The zero-order valence-corrected chi connectivity index (χ0v) is 7.92. The Morgan fingerprint density at radius 1 is 1.47 bits per heavy atom. The Hall–Kier alpha value is -1.01. The van der Waals surface area contributed by atoms with Gasteiger partial charge in [-0.15, -0.1) is 0 Å². The van der Waals surface area contributed by atoms with E-state index in [9.17, 15) is 13.2 Å². The summed E-state index contributed by atoms with van der Waals surface area (Å²) in [6.07, 6.45) is -4.87. The summed E-state index contributed by atoms with van der Waals surface area (Å²) in [6, 6.07) is 3.45. The molecule has 15 heavy (non-hydrogen) atoms. The maximum atomic E-state index is 11.8. The van der Waals surface area contributed by atoms with Gasteiger partial charge in [0.05, 0.1) is 6.26 Å². The molecule has 1 unspecified atom stereocenters. The Labute approximate surface area is 84.9 Å². The molecule has 0 radical (unpaired) electrons. The van der Waals surface area contributed by atoms with Crippen LogP contribution in [0.5, 0.6) is 0 Å². The van der Waals surface area contributed by atoms with Crippen LogP contribution in [0, 0.1) is 0 Å². The Kier molecular flexibility index (Phi) is 4.16. The van der Waals surface area contributed by atoms with E-state index in [1.54, 1.807) is 12.1 Å². The summed E-state index contributed by atoms with van der Waals surface area (Å²) in [5, 5.41) is 11.1. The van der Waals surface area contributed by atoms with Gasteiger partial charge in [0.25, 0.3) is 0 Å². The first kappa shape index (κ1) is 12.1. The second-order valence-electron chi connectivity index (χ2n) is 3.09. The minimum absolute atomic E-state index is 0.334. The summed E-state index contributed by atoms with van der Waals surface area (Å²) in [5.74, 6) is 0.698. The molecule has 1 atom stereocenters. The largest absolute Gasteiger partial charge is 0.469 e. The van der Waals surface area contributed by atoms with Crippen LogP contribution < -0.4 is 5.32 Å². The van der Waals surface area contributed by atoms with Crippen LogP contribution in [0.25, 0.3) is 0 Å². The lowest BCUT2D eigenvalue weighted by Gasteiger charge is -2.14. The summed E-state index contributed by atoms with van der Waals surface area (Å²) in [7, 11) is 0. The molecular formula is C9H12F3NO2. The van der Waals surface area contributed by atoms with Crippen molar-refractivity contribution in [2.75, 3.05) is 13.1 Å². The van der Waals surface area contributed by atoms with Crippen molar-refractivity contribution in [2.45, 2.75) is 18.7 Å². The van der Waals surface area contributed by atoms with Crippen molar-refractivity contribution >= 4 is 0 Å². The topological polar surface area (TPSA) is 45.4 Å². The normalized spacial score (nSPS) is 14.1. The molecule has 0 aliphatic rings. The molecule has 1 aromatic heterocycles. The van der Waals surface area contributed by atoms with E-state index in [1.807, 2.05) is 0 Å². The molecule has 0 aliphatic heterocycles. The highest BCUT2D eigenvalue weighted by atomic mass is 19.4. The van der Waals surface area contributed by atoms with Crippen molar-refractivity contribution in [2.24, 2.45) is 0 Å². The number of hydrogen-bond acceptors (Lipinski definition) is 3. The number of aliphatic hydroxyl groups excluding tert-OH is 1. The van der Waals surface area contributed by atoms with Crippen LogP contribution in [-0.2, 0) is 6.42 Å². The molecule has 1 heterocycles. The van der Waals surface area contributed by atoms with Crippen molar-refractivity contribution < 1.29 is 22.7 Å². The monoisotopic (exact) mass is 223 g/mol. The summed E-state index contributed by atoms with van der Waals surface area (Å²) in [4.78, 5) is 0. The predicted octanol–water partition coefficient (Wildman–Crippen LogP) is 1.33. The van der Waals surface area contributed by atoms with Gasteiger partial charge in [0, 0.05) is 19.5 Å². The molecule has 0 spiro atoms. The van der Waals surface area contributed by atoms with Gasteiger partial charge in [-0.2, -0.15) is 13.2 Å². The first-order valence-corrected chi connectivity index (χ1v) is 4.48. The Morgan fingerprint density at radius 3 is 2.73 bits per heavy atom. The quantitative estimate of drug-likeness (QED) is 0.740. The molecule has 0 saturated heterocycles. The number of halogens is 3. The molecule has 6 heteroatoms. The predicted molar refractivity (Wildman–Crippen MR) is 47.3 cm³/mol. The van der Waals surface area contributed by atoms with E-state index in [4.69, 9.17) is 9.52 Å². The first-order valence-electron chi connectivity index (χ1n) is 4.48. The van der Waals surface area contributed by atoms with Gasteiger partial charge in [0.15, 0.2) is 6.10 Å². The standard InChI is InChI=1S/C9H12F3NO2/c10-9(11,12)8(14)6-13-4-3-7-2-1-5-15-7/h1-2,5,8,13-14H,3-4,6H2. The molecule has 86 valence electrons. The van der Waals surface area contributed by atoms with E-state index < -0.39 is 18.8 Å². The smallest absolute Gasteiger partial charge is 0.415 e. The fourth-order valence-electron chi connectivity index (χ4n) is 1.02. The number of alkyl halides is 3. The Balaban J connectivity index is 2.12. The van der Waals surface area contributed by atoms with E-state index in [0.717, 1.165) is 0 Å². The van der Waals surface area contributed by atoms with E-state index >= 15 is 0 Å². The van der Waals surface area contributed by atoms with Gasteiger partial charge in [-0.25, -0.2) is 0 Å². The zero-order chi connectivity index (χ0) is 11.3. The number of aliphatic hydroxyl groups is 1. The van der Waals surface area contributed by atoms with Gasteiger partial charge >= 0.3 is 6.18 Å². The number of furan rings is 1. The fraction of sp³-hybridized carbons (Fsp3) is 0.556. The van der Waals surface area contributed by atoms with Crippen molar-refractivity contribution in [3.63, 3.8) is 0 Å². The van der Waals surface area contributed by atoms with E-state index in [1.165, 1.54) is 6.26 Å². The maximum absolute atomic E-state index is 11.8. The highest BCUT2D eigenvalue weighted by Crippen LogP contribution is 2.19. The van der Waals surface area contributed by atoms with Crippen molar-refractivity contribution in [1.82, 2.24) is 5.32 Å². The molecule has 3 nitrogen and oxygen atoms in total. The lowest BCUT2D eigenvalue weighted by Crippen LogP contribution is -2.38. The molecule has 0 fully saturated rings. The third kappa shape index (κ3) is 4.35. The summed E-state index contributed by atoms with van der Waals surface area (Å²) in [5.41, 5.74) is 0. The average molecular weight is 223 g/mol. The molecule has 0 bridgehead atoms. The highest BCUT2D eigenvalue weighted by molar-refractivity contribution is 4.98. The average Bonchev–Trinajstić information content (AvgIpc) is 2.63. The van der Waals surface area contributed by atoms with E-state index in [0.29, 0.717) is 18.7 Å². The first-order chi connectivity index (χ1) is 7.00. The minimum Gasteiger partial charge on any atom is -0.469 e. The molecule has 0 amide bonds. The Morgan fingerprint density at radius 2 is 2.20 bits per heavy atom. The minimum atomic E-state index is -4.56. The van der Waals surface area contributed by atoms with Gasteiger partial charge in [-0.05, 0) is 12.1 Å². The molecule has 1 rings (SSSR count). The van der Waals surface area contributed by atoms with Gasteiger partial charge in [0.2, 0.25) is 0 Å². The SMILES string of the molecule is OC(CNCCc1ccco1)C(F)(F)F. The third-order valence-corrected chi connectivity index (χ3v) is 1.84. The van der Waals surface area contributed by atoms with Crippen LogP contribution in [0.3, 0.4) is 0 Å². The number of nitrogens with one attached hydrogen (secondary N) is 1. The molecule has 0 aromatic carbocycles. The van der Waals surface area contributed by atoms with Crippen LogP contribution in [0.15, 0.2) is 22.8 Å². The summed E-state index contributed by atoms with van der Waals surface area (Å²) >= 11 is 0. The van der Waals surface area contributed by atoms with Gasteiger partial charge in [-0.3, -0.25) is 0 Å². The van der Waals surface area contributed by atoms with Crippen molar-refractivity contribution in [3.8, 4) is 0 Å². The highest BCUT2D eigenvalue weighted by Gasteiger charge is 2.37. The number of rotatable bonds is 5.